The number of hydrogen-bond donors (Lipinski definition) is 4. The maximum atomic E-state index is 6.04. The van der Waals surface area contributed by atoms with Crippen LogP contribution in [0.2, 0.25) is 0 Å². The van der Waals surface area contributed by atoms with Crippen LogP contribution in [0.3, 0.4) is 0 Å². The third-order valence-corrected chi connectivity index (χ3v) is 6.53. The minimum atomic E-state index is 0.475. The monoisotopic (exact) mass is 446 g/mol. The van der Waals surface area contributed by atoms with Crippen molar-refractivity contribution >= 4 is 21.5 Å². The second-order valence-corrected chi connectivity index (χ2v) is 8.80. The molecule has 0 radical (unpaired) electrons. The van der Waals surface area contributed by atoms with Gasteiger partial charge in [0.05, 0.1) is 0 Å². The number of hydrogen-bond acceptors (Lipinski definition) is 4. The molecule has 0 saturated heterocycles. The zero-order chi connectivity index (χ0) is 23.7. The Bertz CT molecular complexity index is 1460. The molecule has 0 aliphatic rings. The number of fused-ring (bicyclic) bond motifs is 2. The SMILES string of the molecule is NCc1cc(CN)cc(-c2ccc3cc4ccccc4c(-c4cc(CN)cc(CN)c4)c3c2)c1. The summed E-state index contributed by atoms with van der Waals surface area (Å²) in [7, 11) is 0. The summed E-state index contributed by atoms with van der Waals surface area (Å²) in [6, 6.07) is 30.3. The van der Waals surface area contributed by atoms with Gasteiger partial charge in [-0.2, -0.15) is 0 Å². The van der Waals surface area contributed by atoms with Gasteiger partial charge in [0.2, 0.25) is 0 Å². The van der Waals surface area contributed by atoms with Gasteiger partial charge in [-0.1, -0.05) is 48.5 Å². The quantitative estimate of drug-likeness (QED) is 0.270. The van der Waals surface area contributed by atoms with Crippen molar-refractivity contribution in [2.24, 2.45) is 22.9 Å². The van der Waals surface area contributed by atoms with E-state index in [1.54, 1.807) is 0 Å². The fourth-order valence-electron chi connectivity index (χ4n) is 4.86. The van der Waals surface area contributed by atoms with E-state index in [0.29, 0.717) is 26.2 Å². The maximum absolute atomic E-state index is 6.04. The molecule has 34 heavy (non-hydrogen) atoms. The maximum Gasteiger partial charge on any atom is 0.0178 e. The van der Waals surface area contributed by atoms with Crippen molar-refractivity contribution in [3.8, 4) is 22.3 Å². The first-order valence-electron chi connectivity index (χ1n) is 11.7. The van der Waals surface area contributed by atoms with Crippen molar-refractivity contribution in [1.82, 2.24) is 0 Å². The summed E-state index contributed by atoms with van der Waals surface area (Å²) in [6.07, 6.45) is 0. The van der Waals surface area contributed by atoms with Crippen LogP contribution in [0.5, 0.6) is 0 Å². The standard InChI is InChI=1S/C30H30N4/c31-15-19-7-20(16-32)10-26(9-19)23-5-6-25-13-24-3-1-2-4-28(24)30(29(25)14-23)27-11-21(17-33)8-22(12-27)18-34/h1-14H,15-18,31-34H2. The lowest BCUT2D eigenvalue weighted by atomic mass is 9.88. The molecule has 0 aromatic heterocycles. The molecule has 0 spiro atoms. The van der Waals surface area contributed by atoms with Crippen molar-refractivity contribution in [2.75, 3.05) is 0 Å². The topological polar surface area (TPSA) is 104 Å². The Labute approximate surface area is 200 Å². The first-order chi connectivity index (χ1) is 16.6. The van der Waals surface area contributed by atoms with E-state index in [1.165, 1.54) is 27.1 Å². The number of benzene rings is 5. The van der Waals surface area contributed by atoms with Gasteiger partial charge < -0.3 is 22.9 Å². The van der Waals surface area contributed by atoms with Crippen LogP contribution in [-0.4, -0.2) is 0 Å². The molecular weight excluding hydrogens is 416 g/mol. The van der Waals surface area contributed by atoms with Crippen LogP contribution < -0.4 is 22.9 Å². The van der Waals surface area contributed by atoms with Crippen molar-refractivity contribution in [2.45, 2.75) is 26.2 Å². The van der Waals surface area contributed by atoms with E-state index in [-0.39, 0.29) is 0 Å². The van der Waals surface area contributed by atoms with E-state index in [2.05, 4.69) is 84.9 Å². The molecule has 0 heterocycles. The average Bonchev–Trinajstić information content (AvgIpc) is 2.90. The molecule has 0 aliphatic carbocycles. The Morgan fingerprint density at radius 3 is 1.53 bits per heavy atom. The molecule has 5 rings (SSSR count). The van der Waals surface area contributed by atoms with Crippen molar-refractivity contribution in [3.05, 3.63) is 107 Å². The largest absolute Gasteiger partial charge is 0.326 e. The highest BCUT2D eigenvalue weighted by Gasteiger charge is 2.13. The van der Waals surface area contributed by atoms with Gasteiger partial charge >= 0.3 is 0 Å². The fourth-order valence-corrected chi connectivity index (χ4v) is 4.86. The smallest absolute Gasteiger partial charge is 0.0178 e. The summed E-state index contributed by atoms with van der Waals surface area (Å²) < 4.78 is 0. The van der Waals surface area contributed by atoms with Gasteiger partial charge in [-0.25, -0.2) is 0 Å². The van der Waals surface area contributed by atoms with Crippen molar-refractivity contribution in [1.29, 1.82) is 0 Å². The second-order valence-electron chi connectivity index (χ2n) is 8.80. The predicted molar refractivity (Wildman–Crippen MR) is 144 cm³/mol. The average molecular weight is 447 g/mol. The zero-order valence-corrected chi connectivity index (χ0v) is 19.2. The zero-order valence-electron chi connectivity index (χ0n) is 19.2. The molecule has 4 nitrogen and oxygen atoms in total. The van der Waals surface area contributed by atoms with Crippen LogP contribution >= 0.6 is 0 Å². The van der Waals surface area contributed by atoms with Gasteiger partial charge in [-0.05, 0) is 102 Å². The first-order valence-corrected chi connectivity index (χ1v) is 11.7. The Kier molecular flexibility index (Phi) is 6.14. The Hall–Kier alpha value is -3.54. The molecule has 5 aromatic carbocycles. The van der Waals surface area contributed by atoms with E-state index in [1.807, 2.05) is 0 Å². The molecule has 0 aliphatic heterocycles. The van der Waals surface area contributed by atoms with E-state index < -0.39 is 0 Å². The number of rotatable bonds is 6. The van der Waals surface area contributed by atoms with Gasteiger partial charge in [0.15, 0.2) is 0 Å². The highest BCUT2D eigenvalue weighted by molar-refractivity contribution is 6.13. The molecule has 8 N–H and O–H groups in total. The van der Waals surface area contributed by atoms with E-state index >= 15 is 0 Å². The Morgan fingerprint density at radius 1 is 0.412 bits per heavy atom. The summed E-state index contributed by atoms with van der Waals surface area (Å²) in [5, 5.41) is 4.81. The van der Waals surface area contributed by atoms with Crippen molar-refractivity contribution in [3.63, 3.8) is 0 Å². The lowest BCUT2D eigenvalue weighted by Crippen LogP contribution is -2.02. The number of nitrogens with two attached hydrogens (primary N) is 4. The summed E-state index contributed by atoms with van der Waals surface area (Å²) in [5.41, 5.74) is 33.0. The summed E-state index contributed by atoms with van der Waals surface area (Å²) in [4.78, 5) is 0. The first kappa shape index (κ1) is 22.3. The lowest BCUT2D eigenvalue weighted by molar-refractivity contribution is 1.03. The van der Waals surface area contributed by atoms with E-state index in [0.717, 1.165) is 38.9 Å². The summed E-state index contributed by atoms with van der Waals surface area (Å²) in [5.74, 6) is 0. The third kappa shape index (κ3) is 4.09. The minimum absolute atomic E-state index is 0.475. The Balaban J connectivity index is 1.83. The molecule has 4 heteroatoms. The van der Waals surface area contributed by atoms with Crippen LogP contribution in [0.25, 0.3) is 43.8 Å². The molecule has 0 saturated carbocycles. The molecule has 0 bridgehead atoms. The molecule has 0 unspecified atom stereocenters. The van der Waals surface area contributed by atoms with Gasteiger partial charge in [-0.15, -0.1) is 0 Å². The van der Waals surface area contributed by atoms with Crippen molar-refractivity contribution < 1.29 is 0 Å². The normalized spacial score (nSPS) is 11.4. The van der Waals surface area contributed by atoms with Crippen LogP contribution in [0.15, 0.2) is 84.9 Å². The Morgan fingerprint density at radius 2 is 0.941 bits per heavy atom. The highest BCUT2D eigenvalue weighted by Crippen LogP contribution is 2.39. The van der Waals surface area contributed by atoms with Crippen LogP contribution in [0.1, 0.15) is 22.3 Å². The van der Waals surface area contributed by atoms with E-state index in [4.69, 9.17) is 22.9 Å². The van der Waals surface area contributed by atoms with Gasteiger partial charge in [0.1, 0.15) is 0 Å². The molecule has 0 amide bonds. The fraction of sp³-hybridized carbons (Fsp3) is 0.133. The summed E-state index contributed by atoms with van der Waals surface area (Å²) >= 11 is 0. The van der Waals surface area contributed by atoms with Gasteiger partial charge in [0.25, 0.3) is 0 Å². The molecular formula is C30H30N4. The molecule has 170 valence electrons. The van der Waals surface area contributed by atoms with Gasteiger partial charge in [-0.3, -0.25) is 0 Å². The highest BCUT2D eigenvalue weighted by atomic mass is 14.5. The van der Waals surface area contributed by atoms with Crippen LogP contribution in [0, 0.1) is 0 Å². The second kappa shape index (κ2) is 9.37. The van der Waals surface area contributed by atoms with Gasteiger partial charge in [0, 0.05) is 26.2 Å². The predicted octanol–water partition coefficient (Wildman–Crippen LogP) is 5.16. The summed E-state index contributed by atoms with van der Waals surface area (Å²) in [6.45, 7) is 1.92. The lowest BCUT2D eigenvalue weighted by Gasteiger charge is -2.16. The van der Waals surface area contributed by atoms with E-state index in [9.17, 15) is 0 Å². The molecule has 0 atom stereocenters. The minimum Gasteiger partial charge on any atom is -0.326 e. The van der Waals surface area contributed by atoms with Crippen LogP contribution in [0.4, 0.5) is 0 Å². The molecule has 5 aromatic rings. The molecule has 0 fully saturated rings. The third-order valence-electron chi connectivity index (χ3n) is 6.53. The van der Waals surface area contributed by atoms with Crippen LogP contribution in [-0.2, 0) is 26.2 Å².